The largest absolute Gasteiger partial charge is 0.483 e. The van der Waals surface area contributed by atoms with Crippen LogP contribution >= 0.6 is 15.9 Å². The van der Waals surface area contributed by atoms with Crippen molar-refractivity contribution in [1.82, 2.24) is 0 Å². The molecule has 0 aliphatic carbocycles. The van der Waals surface area contributed by atoms with E-state index < -0.39 is 4.92 Å². The molecule has 0 amide bonds. The molecule has 0 radical (unpaired) electrons. The molecule has 1 aromatic rings. The van der Waals surface area contributed by atoms with Gasteiger partial charge in [0.25, 0.3) is 0 Å². The van der Waals surface area contributed by atoms with E-state index in [2.05, 4.69) is 15.9 Å². The first-order chi connectivity index (χ1) is 6.91. The molecular formula is C10H12BrNO3. The highest BCUT2D eigenvalue weighted by Crippen LogP contribution is 2.36. The third kappa shape index (κ3) is 2.92. The third-order valence-electron chi connectivity index (χ3n) is 1.72. The molecule has 0 unspecified atom stereocenters. The van der Waals surface area contributed by atoms with E-state index in [4.69, 9.17) is 4.74 Å². The van der Waals surface area contributed by atoms with Gasteiger partial charge in [0.15, 0.2) is 0 Å². The van der Waals surface area contributed by atoms with Crippen LogP contribution in [0, 0.1) is 17.0 Å². The van der Waals surface area contributed by atoms with Crippen molar-refractivity contribution in [3.05, 3.63) is 32.3 Å². The number of halogens is 1. The SMILES string of the molecule is Cc1cc(Br)c(OC(C)C)c([N+](=O)[O-])c1. The number of rotatable bonds is 3. The molecule has 5 heteroatoms. The Balaban J connectivity index is 3.27. The van der Waals surface area contributed by atoms with Gasteiger partial charge in [0.2, 0.25) is 5.75 Å². The summed E-state index contributed by atoms with van der Waals surface area (Å²) in [7, 11) is 0. The van der Waals surface area contributed by atoms with Gasteiger partial charge in [-0.05, 0) is 48.3 Å². The lowest BCUT2D eigenvalue weighted by atomic mass is 10.2. The summed E-state index contributed by atoms with van der Waals surface area (Å²) < 4.78 is 6.02. The van der Waals surface area contributed by atoms with Gasteiger partial charge in [0.05, 0.1) is 15.5 Å². The van der Waals surface area contributed by atoms with Gasteiger partial charge in [-0.3, -0.25) is 10.1 Å². The van der Waals surface area contributed by atoms with E-state index in [1.807, 2.05) is 13.8 Å². The molecule has 0 aromatic heterocycles. The van der Waals surface area contributed by atoms with Crippen LogP contribution in [0.15, 0.2) is 16.6 Å². The smallest absolute Gasteiger partial charge is 0.312 e. The molecule has 0 saturated carbocycles. The highest BCUT2D eigenvalue weighted by Gasteiger charge is 2.20. The van der Waals surface area contributed by atoms with Gasteiger partial charge >= 0.3 is 5.69 Å². The van der Waals surface area contributed by atoms with Gasteiger partial charge in [-0.25, -0.2) is 0 Å². The summed E-state index contributed by atoms with van der Waals surface area (Å²) in [5, 5.41) is 10.8. The van der Waals surface area contributed by atoms with E-state index >= 15 is 0 Å². The van der Waals surface area contributed by atoms with Crippen LogP contribution in [0.3, 0.4) is 0 Å². The molecule has 0 heterocycles. The van der Waals surface area contributed by atoms with Gasteiger partial charge in [0.1, 0.15) is 0 Å². The minimum absolute atomic E-state index is 0.00410. The van der Waals surface area contributed by atoms with Crippen molar-refractivity contribution in [1.29, 1.82) is 0 Å². The van der Waals surface area contributed by atoms with Crippen molar-refractivity contribution >= 4 is 21.6 Å². The van der Waals surface area contributed by atoms with E-state index in [1.54, 1.807) is 13.0 Å². The standard InChI is InChI=1S/C10H12BrNO3/c1-6(2)15-10-8(11)4-7(3)5-9(10)12(13)14/h4-6H,1-3H3. The van der Waals surface area contributed by atoms with Gasteiger partial charge < -0.3 is 4.74 Å². The quantitative estimate of drug-likeness (QED) is 0.626. The van der Waals surface area contributed by atoms with Crippen molar-refractivity contribution in [2.45, 2.75) is 26.9 Å². The molecule has 0 bridgehead atoms. The summed E-state index contributed by atoms with van der Waals surface area (Å²) >= 11 is 3.27. The number of nitro groups is 1. The van der Waals surface area contributed by atoms with Crippen LogP contribution in [-0.4, -0.2) is 11.0 Å². The monoisotopic (exact) mass is 273 g/mol. The topological polar surface area (TPSA) is 52.4 Å². The summed E-state index contributed by atoms with van der Waals surface area (Å²) in [5.74, 6) is 0.292. The number of aryl methyl sites for hydroxylation is 1. The number of hydrogen-bond donors (Lipinski definition) is 0. The van der Waals surface area contributed by atoms with Crippen LogP contribution in [0.2, 0.25) is 0 Å². The molecule has 15 heavy (non-hydrogen) atoms. The summed E-state index contributed by atoms with van der Waals surface area (Å²) in [5.41, 5.74) is 0.820. The molecule has 0 atom stereocenters. The van der Waals surface area contributed by atoms with E-state index in [0.29, 0.717) is 10.2 Å². The lowest BCUT2D eigenvalue weighted by molar-refractivity contribution is -0.386. The lowest BCUT2D eigenvalue weighted by Crippen LogP contribution is -2.08. The first-order valence-corrected chi connectivity index (χ1v) is 5.32. The second kappa shape index (κ2) is 4.61. The average Bonchev–Trinajstić information content (AvgIpc) is 2.08. The molecule has 82 valence electrons. The molecule has 0 aliphatic rings. The number of hydrogen-bond acceptors (Lipinski definition) is 3. The fourth-order valence-electron chi connectivity index (χ4n) is 1.20. The molecule has 1 aromatic carbocycles. The summed E-state index contributed by atoms with van der Waals surface area (Å²) in [6, 6.07) is 3.30. The maximum Gasteiger partial charge on any atom is 0.312 e. The van der Waals surface area contributed by atoms with Crippen LogP contribution in [0.1, 0.15) is 19.4 Å². The lowest BCUT2D eigenvalue weighted by Gasteiger charge is -2.12. The zero-order chi connectivity index (χ0) is 11.6. The minimum Gasteiger partial charge on any atom is -0.483 e. The first kappa shape index (κ1) is 12.0. The predicted octanol–water partition coefficient (Wildman–Crippen LogP) is 3.45. The summed E-state index contributed by atoms with van der Waals surface area (Å²) in [4.78, 5) is 10.4. The normalized spacial score (nSPS) is 10.5. The van der Waals surface area contributed by atoms with Gasteiger partial charge in [0, 0.05) is 6.07 Å². The molecule has 1 rings (SSSR count). The second-order valence-electron chi connectivity index (χ2n) is 3.52. The maximum atomic E-state index is 10.8. The van der Waals surface area contributed by atoms with Gasteiger partial charge in [-0.15, -0.1) is 0 Å². The zero-order valence-corrected chi connectivity index (χ0v) is 10.4. The van der Waals surface area contributed by atoms with Crippen molar-refractivity contribution in [2.24, 2.45) is 0 Å². The highest BCUT2D eigenvalue weighted by atomic mass is 79.9. The van der Waals surface area contributed by atoms with E-state index in [0.717, 1.165) is 5.56 Å². The Morgan fingerprint density at radius 3 is 2.53 bits per heavy atom. The van der Waals surface area contributed by atoms with Crippen LogP contribution in [-0.2, 0) is 0 Å². The fourth-order valence-corrected chi connectivity index (χ4v) is 1.86. The number of nitrogens with zero attached hydrogens (tertiary/aromatic N) is 1. The molecular weight excluding hydrogens is 262 g/mol. The summed E-state index contributed by atoms with van der Waals surface area (Å²) in [6.45, 7) is 5.46. The van der Waals surface area contributed by atoms with E-state index in [1.165, 1.54) is 6.07 Å². The Morgan fingerprint density at radius 2 is 2.07 bits per heavy atom. The third-order valence-corrected chi connectivity index (χ3v) is 2.31. The van der Waals surface area contributed by atoms with Crippen LogP contribution in [0.25, 0.3) is 0 Å². The van der Waals surface area contributed by atoms with Crippen molar-refractivity contribution < 1.29 is 9.66 Å². The van der Waals surface area contributed by atoms with Crippen molar-refractivity contribution in [3.63, 3.8) is 0 Å². The molecule has 4 nitrogen and oxygen atoms in total. The highest BCUT2D eigenvalue weighted by molar-refractivity contribution is 9.10. The Hall–Kier alpha value is -1.10. The Morgan fingerprint density at radius 1 is 1.47 bits per heavy atom. The second-order valence-corrected chi connectivity index (χ2v) is 4.37. The van der Waals surface area contributed by atoms with E-state index in [-0.39, 0.29) is 11.8 Å². The minimum atomic E-state index is -0.435. The van der Waals surface area contributed by atoms with Crippen molar-refractivity contribution in [2.75, 3.05) is 0 Å². The average molecular weight is 274 g/mol. The predicted molar refractivity (Wildman–Crippen MR) is 61.3 cm³/mol. The number of benzene rings is 1. The molecule has 0 spiro atoms. The van der Waals surface area contributed by atoms with Gasteiger partial charge in [-0.2, -0.15) is 0 Å². The first-order valence-electron chi connectivity index (χ1n) is 4.53. The van der Waals surface area contributed by atoms with Crippen LogP contribution in [0.4, 0.5) is 5.69 Å². The number of nitro benzene ring substituents is 1. The number of ether oxygens (including phenoxy) is 1. The van der Waals surface area contributed by atoms with Crippen molar-refractivity contribution in [3.8, 4) is 5.75 Å². The van der Waals surface area contributed by atoms with Crippen LogP contribution < -0.4 is 4.74 Å². The van der Waals surface area contributed by atoms with Crippen LogP contribution in [0.5, 0.6) is 5.75 Å². The van der Waals surface area contributed by atoms with E-state index in [9.17, 15) is 10.1 Å². The molecule has 0 aliphatic heterocycles. The Bertz CT molecular complexity index is 390. The van der Waals surface area contributed by atoms with Gasteiger partial charge in [-0.1, -0.05) is 0 Å². The Labute approximate surface area is 96.5 Å². The molecule has 0 N–H and O–H groups in total. The summed E-state index contributed by atoms with van der Waals surface area (Å²) in [6.07, 6.45) is -0.0947. The zero-order valence-electron chi connectivity index (χ0n) is 8.78. The molecule has 0 fully saturated rings. The maximum absolute atomic E-state index is 10.8. The molecule has 0 saturated heterocycles. The fraction of sp³-hybridized carbons (Fsp3) is 0.400. The Kier molecular flexibility index (Phi) is 3.68.